The number of aliphatic hydroxyl groups excluding tert-OH is 1. The van der Waals surface area contributed by atoms with Gasteiger partial charge in [-0.25, -0.2) is 4.94 Å². The highest BCUT2D eigenvalue weighted by Gasteiger charge is 1.89. The summed E-state index contributed by atoms with van der Waals surface area (Å²) in [7, 11) is 1.64. The number of nitrogens with zero attached hydrogens (tertiary/aromatic N) is 1. The quantitative estimate of drug-likeness (QED) is 0.440. The SMILES string of the molecule is CN(CCO)ON. The fourth-order valence-corrected chi connectivity index (χ4v) is 0.194. The van der Waals surface area contributed by atoms with Crippen molar-refractivity contribution in [2.45, 2.75) is 0 Å². The summed E-state index contributed by atoms with van der Waals surface area (Å²) in [6.45, 7) is 0.504. The van der Waals surface area contributed by atoms with Crippen LogP contribution in [0.25, 0.3) is 0 Å². The lowest BCUT2D eigenvalue weighted by atomic mass is 10.7. The molecule has 0 fully saturated rings. The van der Waals surface area contributed by atoms with Crippen LogP contribution in [0.15, 0.2) is 0 Å². The van der Waals surface area contributed by atoms with E-state index < -0.39 is 0 Å². The molecule has 0 amide bonds. The molecule has 0 saturated carbocycles. The monoisotopic (exact) mass is 106 g/mol. The molecule has 0 aliphatic rings. The third kappa shape index (κ3) is 3.68. The molecule has 7 heavy (non-hydrogen) atoms. The molecule has 0 rings (SSSR count). The second-order valence-corrected chi connectivity index (χ2v) is 1.18. The highest BCUT2D eigenvalue weighted by atomic mass is 16.8. The lowest BCUT2D eigenvalue weighted by Crippen LogP contribution is -2.25. The van der Waals surface area contributed by atoms with Crippen molar-refractivity contribution in [3.8, 4) is 0 Å². The van der Waals surface area contributed by atoms with Crippen molar-refractivity contribution in [3.05, 3.63) is 0 Å². The average Bonchev–Trinajstić information content (AvgIpc) is 1.68. The predicted molar refractivity (Wildman–Crippen MR) is 25.0 cm³/mol. The molecule has 0 atom stereocenters. The summed E-state index contributed by atoms with van der Waals surface area (Å²) in [5.74, 6) is 4.67. The van der Waals surface area contributed by atoms with Gasteiger partial charge in [0.1, 0.15) is 0 Å². The smallest absolute Gasteiger partial charge is 0.0582 e. The van der Waals surface area contributed by atoms with Crippen molar-refractivity contribution in [2.24, 2.45) is 5.90 Å². The van der Waals surface area contributed by atoms with E-state index in [-0.39, 0.29) is 6.61 Å². The number of hydrogen-bond donors (Lipinski definition) is 2. The zero-order valence-electron chi connectivity index (χ0n) is 4.29. The lowest BCUT2D eigenvalue weighted by Gasteiger charge is -2.08. The van der Waals surface area contributed by atoms with E-state index in [0.29, 0.717) is 6.54 Å². The fourth-order valence-electron chi connectivity index (χ4n) is 0.194. The molecular formula is C3H10N2O2. The topological polar surface area (TPSA) is 58.7 Å². The van der Waals surface area contributed by atoms with Gasteiger partial charge in [-0.1, -0.05) is 0 Å². The molecule has 0 aromatic heterocycles. The van der Waals surface area contributed by atoms with Gasteiger partial charge in [-0.2, -0.15) is 11.0 Å². The van der Waals surface area contributed by atoms with Crippen LogP contribution in [-0.4, -0.2) is 30.4 Å². The largest absolute Gasteiger partial charge is 0.395 e. The van der Waals surface area contributed by atoms with Crippen LogP contribution >= 0.6 is 0 Å². The van der Waals surface area contributed by atoms with E-state index in [1.54, 1.807) is 7.05 Å². The standard InChI is InChI=1S/C3H10N2O2/c1-5(7-4)2-3-6/h6H,2-4H2,1H3. The van der Waals surface area contributed by atoms with Crippen molar-refractivity contribution in [1.29, 1.82) is 0 Å². The Kier molecular flexibility index (Phi) is 3.92. The average molecular weight is 106 g/mol. The minimum atomic E-state index is 0.0632. The van der Waals surface area contributed by atoms with Crippen molar-refractivity contribution in [3.63, 3.8) is 0 Å². The first kappa shape index (κ1) is 6.84. The number of nitrogens with two attached hydrogens (primary N) is 1. The van der Waals surface area contributed by atoms with Gasteiger partial charge in [-0.3, -0.25) is 0 Å². The molecule has 0 unspecified atom stereocenters. The molecule has 0 heterocycles. The van der Waals surface area contributed by atoms with Crippen LogP contribution in [0.2, 0.25) is 0 Å². The van der Waals surface area contributed by atoms with E-state index >= 15 is 0 Å². The second kappa shape index (κ2) is 4.01. The molecule has 0 aromatic carbocycles. The summed E-state index contributed by atoms with van der Waals surface area (Å²) in [5.41, 5.74) is 0. The van der Waals surface area contributed by atoms with Gasteiger partial charge in [0.15, 0.2) is 0 Å². The van der Waals surface area contributed by atoms with Gasteiger partial charge < -0.3 is 5.11 Å². The Labute approximate surface area is 42.4 Å². The molecule has 4 heteroatoms. The number of likely N-dealkylation sites (N-methyl/N-ethyl adjacent to an activating group) is 1. The summed E-state index contributed by atoms with van der Waals surface area (Å²) in [5, 5.41) is 9.52. The fraction of sp³-hybridized carbons (Fsp3) is 1.00. The van der Waals surface area contributed by atoms with Crippen LogP contribution in [-0.2, 0) is 4.94 Å². The van der Waals surface area contributed by atoms with Gasteiger partial charge in [0.2, 0.25) is 0 Å². The summed E-state index contributed by atoms with van der Waals surface area (Å²) in [6, 6.07) is 0. The van der Waals surface area contributed by atoms with Crippen LogP contribution in [0.3, 0.4) is 0 Å². The molecular weight excluding hydrogens is 96.0 g/mol. The molecule has 4 nitrogen and oxygen atoms in total. The van der Waals surface area contributed by atoms with Crippen LogP contribution < -0.4 is 5.90 Å². The third-order valence-electron chi connectivity index (χ3n) is 0.595. The highest BCUT2D eigenvalue weighted by molar-refractivity contribution is 4.28. The van der Waals surface area contributed by atoms with E-state index in [1.165, 1.54) is 5.06 Å². The molecule has 0 aliphatic heterocycles. The van der Waals surface area contributed by atoms with Gasteiger partial charge in [0.05, 0.1) is 6.61 Å². The van der Waals surface area contributed by atoms with Crippen LogP contribution in [0.4, 0.5) is 0 Å². The summed E-state index contributed by atoms with van der Waals surface area (Å²) >= 11 is 0. The zero-order valence-corrected chi connectivity index (χ0v) is 4.29. The van der Waals surface area contributed by atoms with Crippen LogP contribution in [0.5, 0.6) is 0 Å². The first-order valence-electron chi connectivity index (χ1n) is 2.00. The molecule has 0 saturated heterocycles. The van der Waals surface area contributed by atoms with Gasteiger partial charge in [0.25, 0.3) is 0 Å². The van der Waals surface area contributed by atoms with Gasteiger partial charge >= 0.3 is 0 Å². The molecule has 0 radical (unpaired) electrons. The number of rotatable bonds is 3. The van der Waals surface area contributed by atoms with Crippen molar-refractivity contribution in [1.82, 2.24) is 5.06 Å². The minimum Gasteiger partial charge on any atom is -0.395 e. The van der Waals surface area contributed by atoms with E-state index in [2.05, 4.69) is 10.8 Å². The van der Waals surface area contributed by atoms with Crippen molar-refractivity contribution < 1.29 is 10.0 Å². The first-order chi connectivity index (χ1) is 3.31. The van der Waals surface area contributed by atoms with Gasteiger partial charge in [-0.05, 0) is 0 Å². The molecule has 0 spiro atoms. The molecule has 3 N–H and O–H groups in total. The van der Waals surface area contributed by atoms with Crippen molar-refractivity contribution in [2.75, 3.05) is 20.2 Å². The normalized spacial score (nSPS) is 10.3. The number of aliphatic hydroxyl groups is 1. The minimum absolute atomic E-state index is 0.0632. The Morgan fingerprint density at radius 2 is 2.43 bits per heavy atom. The zero-order chi connectivity index (χ0) is 5.70. The summed E-state index contributed by atoms with van der Waals surface area (Å²) < 4.78 is 0. The summed E-state index contributed by atoms with van der Waals surface area (Å²) in [6.07, 6.45) is 0. The van der Waals surface area contributed by atoms with E-state index in [1.807, 2.05) is 0 Å². The Hall–Kier alpha value is -0.160. The Morgan fingerprint density at radius 1 is 1.86 bits per heavy atom. The van der Waals surface area contributed by atoms with E-state index in [4.69, 9.17) is 5.11 Å². The second-order valence-electron chi connectivity index (χ2n) is 1.18. The Bertz CT molecular complexity index is 41.9. The molecule has 0 aromatic rings. The van der Waals surface area contributed by atoms with E-state index in [9.17, 15) is 0 Å². The van der Waals surface area contributed by atoms with Crippen LogP contribution in [0, 0.1) is 0 Å². The molecule has 44 valence electrons. The van der Waals surface area contributed by atoms with Crippen LogP contribution in [0.1, 0.15) is 0 Å². The first-order valence-corrected chi connectivity index (χ1v) is 2.00. The number of hydrogen-bond acceptors (Lipinski definition) is 4. The number of hydroxylamine groups is 2. The van der Waals surface area contributed by atoms with Gasteiger partial charge in [0, 0.05) is 13.6 Å². The Morgan fingerprint density at radius 3 is 2.57 bits per heavy atom. The Balaban J connectivity index is 2.83. The maximum absolute atomic E-state index is 8.19. The van der Waals surface area contributed by atoms with Crippen molar-refractivity contribution >= 4 is 0 Å². The molecule has 0 bridgehead atoms. The maximum atomic E-state index is 8.19. The van der Waals surface area contributed by atoms with Gasteiger partial charge in [-0.15, -0.1) is 0 Å². The predicted octanol–water partition coefficient (Wildman–Crippen LogP) is -1.28. The third-order valence-corrected chi connectivity index (χ3v) is 0.595. The highest BCUT2D eigenvalue weighted by Crippen LogP contribution is 1.72. The molecule has 0 aliphatic carbocycles. The summed E-state index contributed by atoms with van der Waals surface area (Å²) in [4.78, 5) is 4.16. The van der Waals surface area contributed by atoms with E-state index in [0.717, 1.165) is 0 Å². The lowest BCUT2D eigenvalue weighted by molar-refractivity contribution is -0.148. The maximum Gasteiger partial charge on any atom is 0.0582 e.